The number of nitro benzene ring substituents is 1. The lowest BCUT2D eigenvalue weighted by Gasteiger charge is -2.07. The number of nitrogens with zero attached hydrogens (tertiary/aromatic N) is 1. The molecule has 0 unspecified atom stereocenters. The van der Waals surface area contributed by atoms with Crippen molar-refractivity contribution in [2.45, 2.75) is 6.04 Å². The second-order valence-corrected chi connectivity index (χ2v) is 2.76. The van der Waals surface area contributed by atoms with Gasteiger partial charge in [0.1, 0.15) is 5.75 Å². The van der Waals surface area contributed by atoms with Crippen LogP contribution in [0.5, 0.6) is 5.75 Å². The number of hydrogen-bond donors (Lipinski definition) is 2. The van der Waals surface area contributed by atoms with E-state index in [4.69, 9.17) is 10.8 Å². The van der Waals surface area contributed by atoms with Crippen LogP contribution in [0.15, 0.2) is 30.9 Å². The van der Waals surface area contributed by atoms with Gasteiger partial charge in [0.25, 0.3) is 5.69 Å². The van der Waals surface area contributed by atoms with Gasteiger partial charge in [-0.05, 0) is 12.1 Å². The van der Waals surface area contributed by atoms with Crippen LogP contribution in [-0.2, 0) is 0 Å². The molecule has 6 heteroatoms. The molecule has 15 heavy (non-hydrogen) atoms. The van der Waals surface area contributed by atoms with Crippen LogP contribution in [0.3, 0.4) is 0 Å². The van der Waals surface area contributed by atoms with Gasteiger partial charge in [-0.1, -0.05) is 6.08 Å². The number of phenols is 1. The summed E-state index contributed by atoms with van der Waals surface area (Å²) in [5, 5.41) is 19.7. The predicted octanol–water partition coefficient (Wildman–Crippen LogP) is 1.91. The zero-order chi connectivity index (χ0) is 10.7. The Bertz CT molecular complexity index is 382. The molecule has 5 nitrogen and oxygen atoms in total. The van der Waals surface area contributed by atoms with Crippen molar-refractivity contribution >= 4 is 18.1 Å². The van der Waals surface area contributed by atoms with Gasteiger partial charge in [0.15, 0.2) is 0 Å². The Balaban J connectivity index is 0.00000196. The molecule has 0 heterocycles. The summed E-state index contributed by atoms with van der Waals surface area (Å²) in [4.78, 5) is 10.0. The smallest absolute Gasteiger partial charge is 0.274 e. The number of phenolic OH excluding ortho intramolecular Hbond substituents is 1. The standard InChI is InChI=1S/C9H10N2O3.ClH/c1-2-8(10)7-5-6(12)3-4-9(7)11(13)14;/h2-5,8,12H,1,10H2;1H/t8-;/m0./s1. The van der Waals surface area contributed by atoms with Crippen LogP contribution in [-0.4, -0.2) is 10.0 Å². The van der Waals surface area contributed by atoms with E-state index in [0.29, 0.717) is 0 Å². The summed E-state index contributed by atoms with van der Waals surface area (Å²) in [6, 6.07) is 3.08. The summed E-state index contributed by atoms with van der Waals surface area (Å²) < 4.78 is 0. The van der Waals surface area contributed by atoms with E-state index < -0.39 is 11.0 Å². The number of nitro groups is 1. The molecule has 0 amide bonds. The molecule has 1 aromatic carbocycles. The monoisotopic (exact) mass is 230 g/mol. The van der Waals surface area contributed by atoms with E-state index in [1.807, 2.05) is 0 Å². The van der Waals surface area contributed by atoms with Crippen LogP contribution in [0.25, 0.3) is 0 Å². The summed E-state index contributed by atoms with van der Waals surface area (Å²) >= 11 is 0. The average Bonchev–Trinajstić information content (AvgIpc) is 2.16. The van der Waals surface area contributed by atoms with Crippen molar-refractivity contribution < 1.29 is 10.0 Å². The first-order valence-corrected chi connectivity index (χ1v) is 3.91. The highest BCUT2D eigenvalue weighted by Gasteiger charge is 2.17. The summed E-state index contributed by atoms with van der Waals surface area (Å²) in [6.45, 7) is 3.44. The van der Waals surface area contributed by atoms with Crippen LogP contribution in [0.4, 0.5) is 5.69 Å². The van der Waals surface area contributed by atoms with Crippen LogP contribution in [0.1, 0.15) is 11.6 Å². The molecule has 1 rings (SSSR count). The molecule has 0 bridgehead atoms. The second-order valence-electron chi connectivity index (χ2n) is 2.76. The van der Waals surface area contributed by atoms with E-state index in [-0.39, 0.29) is 29.4 Å². The Kier molecular flexibility index (Phi) is 4.77. The molecule has 3 N–H and O–H groups in total. The van der Waals surface area contributed by atoms with Crippen molar-refractivity contribution in [3.05, 3.63) is 46.5 Å². The second kappa shape index (κ2) is 5.33. The van der Waals surface area contributed by atoms with Gasteiger partial charge in [-0.3, -0.25) is 10.1 Å². The number of benzene rings is 1. The minimum Gasteiger partial charge on any atom is -0.508 e. The fraction of sp³-hybridized carbons (Fsp3) is 0.111. The zero-order valence-corrected chi connectivity index (χ0v) is 8.61. The Morgan fingerprint density at radius 2 is 2.20 bits per heavy atom. The van der Waals surface area contributed by atoms with E-state index in [1.54, 1.807) is 0 Å². The molecular weight excluding hydrogens is 220 g/mol. The van der Waals surface area contributed by atoms with Gasteiger partial charge in [0.05, 0.1) is 16.5 Å². The van der Waals surface area contributed by atoms with E-state index in [9.17, 15) is 10.1 Å². The van der Waals surface area contributed by atoms with Gasteiger partial charge in [-0.2, -0.15) is 0 Å². The minimum atomic E-state index is -0.650. The molecule has 0 radical (unpaired) electrons. The third-order valence-corrected chi connectivity index (χ3v) is 1.82. The SMILES string of the molecule is C=C[C@H](N)c1cc(O)ccc1[N+](=O)[O-].Cl. The van der Waals surface area contributed by atoms with Gasteiger partial charge >= 0.3 is 0 Å². The topological polar surface area (TPSA) is 89.4 Å². The molecule has 1 atom stereocenters. The summed E-state index contributed by atoms with van der Waals surface area (Å²) in [7, 11) is 0. The Morgan fingerprint density at radius 1 is 1.60 bits per heavy atom. The zero-order valence-electron chi connectivity index (χ0n) is 7.79. The molecular formula is C9H11ClN2O3. The number of halogens is 1. The highest BCUT2D eigenvalue weighted by Crippen LogP contribution is 2.27. The predicted molar refractivity (Wildman–Crippen MR) is 59.1 cm³/mol. The molecule has 0 aliphatic rings. The van der Waals surface area contributed by atoms with Crippen molar-refractivity contribution in [2.24, 2.45) is 5.73 Å². The molecule has 0 aromatic heterocycles. The van der Waals surface area contributed by atoms with E-state index in [0.717, 1.165) is 0 Å². The number of hydrogen-bond acceptors (Lipinski definition) is 4. The van der Waals surface area contributed by atoms with Gasteiger partial charge in [0, 0.05) is 6.07 Å². The number of rotatable bonds is 3. The van der Waals surface area contributed by atoms with Crippen molar-refractivity contribution in [1.29, 1.82) is 0 Å². The minimum absolute atomic E-state index is 0. The normalized spacial score (nSPS) is 11.3. The lowest BCUT2D eigenvalue weighted by Crippen LogP contribution is -2.09. The van der Waals surface area contributed by atoms with Gasteiger partial charge in [-0.15, -0.1) is 19.0 Å². The fourth-order valence-corrected chi connectivity index (χ4v) is 1.10. The average molecular weight is 231 g/mol. The first kappa shape index (κ1) is 13.4. The molecule has 0 saturated carbocycles. The van der Waals surface area contributed by atoms with Crippen molar-refractivity contribution in [3.8, 4) is 5.75 Å². The Labute approximate surface area is 92.8 Å². The van der Waals surface area contributed by atoms with Gasteiger partial charge in [-0.25, -0.2) is 0 Å². The fourth-order valence-electron chi connectivity index (χ4n) is 1.10. The summed E-state index contributed by atoms with van der Waals surface area (Å²) in [6.07, 6.45) is 1.38. The maximum Gasteiger partial charge on any atom is 0.274 e. The largest absolute Gasteiger partial charge is 0.508 e. The molecule has 82 valence electrons. The highest BCUT2D eigenvalue weighted by molar-refractivity contribution is 5.85. The molecule has 0 aliphatic heterocycles. The van der Waals surface area contributed by atoms with Crippen LogP contribution in [0.2, 0.25) is 0 Å². The lowest BCUT2D eigenvalue weighted by atomic mass is 10.1. The first-order valence-electron chi connectivity index (χ1n) is 3.91. The van der Waals surface area contributed by atoms with E-state index >= 15 is 0 Å². The van der Waals surface area contributed by atoms with Gasteiger partial charge < -0.3 is 10.8 Å². The van der Waals surface area contributed by atoms with Crippen molar-refractivity contribution in [1.82, 2.24) is 0 Å². The lowest BCUT2D eigenvalue weighted by molar-refractivity contribution is -0.385. The number of nitrogens with two attached hydrogens (primary N) is 1. The van der Waals surface area contributed by atoms with Gasteiger partial charge in [0.2, 0.25) is 0 Å². The Morgan fingerprint density at radius 3 is 2.67 bits per heavy atom. The highest BCUT2D eigenvalue weighted by atomic mass is 35.5. The third-order valence-electron chi connectivity index (χ3n) is 1.82. The molecule has 0 fully saturated rings. The molecule has 0 saturated heterocycles. The van der Waals surface area contributed by atoms with E-state index in [2.05, 4.69) is 6.58 Å². The van der Waals surface area contributed by atoms with E-state index in [1.165, 1.54) is 24.3 Å². The first-order chi connectivity index (χ1) is 6.56. The molecule has 0 aliphatic carbocycles. The number of aromatic hydroxyl groups is 1. The third kappa shape index (κ3) is 2.93. The van der Waals surface area contributed by atoms with Crippen LogP contribution >= 0.6 is 12.4 Å². The summed E-state index contributed by atoms with van der Waals surface area (Å²) in [5.74, 6) is -0.0529. The van der Waals surface area contributed by atoms with Crippen LogP contribution in [0, 0.1) is 10.1 Å². The van der Waals surface area contributed by atoms with Crippen molar-refractivity contribution in [2.75, 3.05) is 0 Å². The maximum absolute atomic E-state index is 10.6. The Hall–Kier alpha value is -1.59. The molecule has 1 aromatic rings. The van der Waals surface area contributed by atoms with Crippen LogP contribution < -0.4 is 5.73 Å². The summed E-state index contributed by atoms with van der Waals surface area (Å²) in [5.41, 5.74) is 5.71. The van der Waals surface area contributed by atoms with Crippen molar-refractivity contribution in [3.63, 3.8) is 0 Å². The maximum atomic E-state index is 10.6. The molecule has 0 spiro atoms. The quantitative estimate of drug-likeness (QED) is 0.472.